The number of thiazole rings is 1. The van der Waals surface area contributed by atoms with Crippen LogP contribution in [0.3, 0.4) is 0 Å². The van der Waals surface area contributed by atoms with Gasteiger partial charge in [0.25, 0.3) is 5.91 Å². The molecule has 0 saturated heterocycles. The summed E-state index contributed by atoms with van der Waals surface area (Å²) in [7, 11) is 0. The Morgan fingerprint density at radius 3 is 2.74 bits per heavy atom. The van der Waals surface area contributed by atoms with Crippen molar-refractivity contribution in [2.45, 2.75) is 19.4 Å². The summed E-state index contributed by atoms with van der Waals surface area (Å²) in [5.74, 6) is 0.106. The van der Waals surface area contributed by atoms with Crippen LogP contribution in [0.15, 0.2) is 54.2 Å². The van der Waals surface area contributed by atoms with Crippen LogP contribution in [0.25, 0.3) is 5.69 Å². The molecule has 0 aliphatic carbocycles. The third kappa shape index (κ3) is 3.57. The van der Waals surface area contributed by atoms with E-state index >= 15 is 0 Å². The molecule has 0 spiro atoms. The maximum Gasteiger partial charge on any atom is 0.269 e. The quantitative estimate of drug-likeness (QED) is 0.781. The zero-order valence-corrected chi connectivity index (χ0v) is 13.6. The summed E-state index contributed by atoms with van der Waals surface area (Å²) in [4.78, 5) is 16.3. The van der Waals surface area contributed by atoms with E-state index < -0.39 is 5.60 Å². The van der Waals surface area contributed by atoms with Crippen LogP contribution in [0.1, 0.15) is 13.8 Å². The van der Waals surface area contributed by atoms with Crippen LogP contribution in [-0.2, 0) is 4.79 Å². The number of amides is 1. The summed E-state index contributed by atoms with van der Waals surface area (Å²) in [6.45, 7) is 3.38. The number of nitrogens with one attached hydrogen (secondary N) is 1. The topological polar surface area (TPSA) is 69.0 Å². The van der Waals surface area contributed by atoms with Crippen LogP contribution in [0.4, 0.5) is 5.13 Å². The van der Waals surface area contributed by atoms with Crippen LogP contribution in [0, 0.1) is 0 Å². The highest BCUT2D eigenvalue weighted by atomic mass is 32.1. The molecule has 0 saturated carbocycles. The molecule has 0 fully saturated rings. The first-order valence-electron chi connectivity index (χ1n) is 7.06. The van der Waals surface area contributed by atoms with Crippen molar-refractivity contribution >= 4 is 22.4 Å². The van der Waals surface area contributed by atoms with E-state index in [0.717, 1.165) is 5.69 Å². The highest BCUT2D eigenvalue weighted by Crippen LogP contribution is 2.20. The minimum absolute atomic E-state index is 0.276. The van der Waals surface area contributed by atoms with Crippen molar-refractivity contribution in [2.24, 2.45) is 0 Å². The molecule has 1 N–H and O–H groups in total. The van der Waals surface area contributed by atoms with Gasteiger partial charge in [0, 0.05) is 23.8 Å². The van der Waals surface area contributed by atoms with Crippen molar-refractivity contribution in [1.29, 1.82) is 0 Å². The zero-order valence-electron chi connectivity index (χ0n) is 12.8. The number of para-hydroxylation sites is 1. The first kappa shape index (κ1) is 15.2. The number of anilines is 1. The van der Waals surface area contributed by atoms with Gasteiger partial charge in [0.05, 0.1) is 5.69 Å². The lowest BCUT2D eigenvalue weighted by atomic mass is 10.1. The lowest BCUT2D eigenvalue weighted by Crippen LogP contribution is -2.42. The molecule has 0 unspecified atom stereocenters. The lowest BCUT2D eigenvalue weighted by Gasteiger charge is -2.23. The van der Waals surface area contributed by atoms with Gasteiger partial charge in [-0.3, -0.25) is 10.1 Å². The van der Waals surface area contributed by atoms with E-state index in [4.69, 9.17) is 4.74 Å². The predicted molar refractivity (Wildman–Crippen MR) is 89.0 cm³/mol. The Bertz CT molecular complexity index is 782. The number of carbonyl (C=O) groups is 1. The van der Waals surface area contributed by atoms with Gasteiger partial charge in [-0.2, -0.15) is 0 Å². The normalized spacial score (nSPS) is 11.2. The zero-order chi connectivity index (χ0) is 16.3. The second kappa shape index (κ2) is 6.21. The van der Waals surface area contributed by atoms with E-state index in [1.54, 1.807) is 42.4 Å². The van der Waals surface area contributed by atoms with Crippen LogP contribution in [-0.4, -0.2) is 26.3 Å². The fraction of sp³-hybridized carbons (Fsp3) is 0.188. The van der Waals surface area contributed by atoms with Gasteiger partial charge in [-0.25, -0.2) is 9.67 Å². The fourth-order valence-corrected chi connectivity index (χ4v) is 2.45. The third-order valence-electron chi connectivity index (χ3n) is 3.14. The number of hydrogen-bond donors (Lipinski definition) is 1. The van der Waals surface area contributed by atoms with Gasteiger partial charge in [0.2, 0.25) is 5.88 Å². The minimum Gasteiger partial charge on any atom is -0.460 e. The van der Waals surface area contributed by atoms with Gasteiger partial charge in [0.15, 0.2) is 10.7 Å². The van der Waals surface area contributed by atoms with Crippen molar-refractivity contribution in [1.82, 2.24) is 14.8 Å². The number of rotatable bonds is 5. The number of ether oxygens (including phenoxy) is 1. The van der Waals surface area contributed by atoms with E-state index in [2.05, 4.69) is 15.4 Å². The highest BCUT2D eigenvalue weighted by Gasteiger charge is 2.31. The Kier molecular flexibility index (Phi) is 4.12. The molecule has 0 radical (unpaired) electrons. The molecule has 0 aliphatic rings. The van der Waals surface area contributed by atoms with Gasteiger partial charge < -0.3 is 4.74 Å². The fourth-order valence-electron chi connectivity index (χ4n) is 1.93. The maximum absolute atomic E-state index is 12.3. The molecule has 6 nitrogen and oxygen atoms in total. The van der Waals surface area contributed by atoms with E-state index in [9.17, 15) is 4.79 Å². The van der Waals surface area contributed by atoms with Crippen molar-refractivity contribution in [3.8, 4) is 11.6 Å². The van der Waals surface area contributed by atoms with Crippen molar-refractivity contribution in [2.75, 3.05) is 5.32 Å². The summed E-state index contributed by atoms with van der Waals surface area (Å²) in [6, 6.07) is 11.4. The number of nitrogens with zero attached hydrogens (tertiary/aromatic N) is 3. The van der Waals surface area contributed by atoms with Gasteiger partial charge in [-0.05, 0) is 26.0 Å². The number of hydrogen-bond acceptors (Lipinski definition) is 5. The SMILES string of the molecule is CC(C)(Oc1ccn(-c2ccccc2)n1)C(=O)Nc1nccs1. The molecule has 1 amide bonds. The summed E-state index contributed by atoms with van der Waals surface area (Å²) >= 11 is 1.36. The molecule has 1 aromatic carbocycles. The molecular weight excluding hydrogens is 312 g/mol. The van der Waals surface area contributed by atoms with Gasteiger partial charge >= 0.3 is 0 Å². The van der Waals surface area contributed by atoms with Crippen LogP contribution >= 0.6 is 11.3 Å². The van der Waals surface area contributed by atoms with E-state index in [-0.39, 0.29) is 5.91 Å². The maximum atomic E-state index is 12.3. The second-order valence-corrected chi connectivity index (χ2v) is 6.23. The average molecular weight is 328 g/mol. The molecule has 2 heterocycles. The first-order valence-corrected chi connectivity index (χ1v) is 7.94. The third-order valence-corrected chi connectivity index (χ3v) is 3.83. The molecule has 0 atom stereocenters. The number of carbonyl (C=O) groups excluding carboxylic acids is 1. The number of benzene rings is 1. The van der Waals surface area contributed by atoms with Crippen molar-refractivity contribution < 1.29 is 9.53 Å². The predicted octanol–water partition coefficient (Wildman–Crippen LogP) is 3.12. The summed E-state index contributed by atoms with van der Waals surface area (Å²) in [5, 5.41) is 9.42. The molecule has 7 heteroatoms. The Morgan fingerprint density at radius 2 is 2.04 bits per heavy atom. The standard InChI is InChI=1S/C16H16N4O2S/c1-16(2,14(21)18-15-17-9-11-23-15)22-13-8-10-20(19-13)12-6-4-3-5-7-12/h3-11H,1-2H3,(H,17,18,21). The summed E-state index contributed by atoms with van der Waals surface area (Å²) in [6.07, 6.45) is 3.43. The van der Waals surface area contributed by atoms with Crippen LogP contribution in [0.2, 0.25) is 0 Å². The Morgan fingerprint density at radius 1 is 1.26 bits per heavy atom. The summed E-state index contributed by atoms with van der Waals surface area (Å²) < 4.78 is 7.45. The molecule has 2 aromatic heterocycles. The second-order valence-electron chi connectivity index (χ2n) is 5.34. The highest BCUT2D eigenvalue weighted by molar-refractivity contribution is 7.13. The minimum atomic E-state index is -1.07. The molecule has 3 aromatic rings. The smallest absolute Gasteiger partial charge is 0.269 e. The largest absolute Gasteiger partial charge is 0.460 e. The van der Waals surface area contributed by atoms with Crippen LogP contribution < -0.4 is 10.1 Å². The van der Waals surface area contributed by atoms with Crippen molar-refractivity contribution in [3.63, 3.8) is 0 Å². The molecule has 0 aliphatic heterocycles. The molecular formula is C16H16N4O2S. The molecule has 0 bridgehead atoms. The number of aromatic nitrogens is 3. The Labute approximate surface area is 137 Å². The molecule has 23 heavy (non-hydrogen) atoms. The van der Waals surface area contributed by atoms with E-state index in [0.29, 0.717) is 11.0 Å². The Balaban J connectivity index is 1.70. The van der Waals surface area contributed by atoms with Gasteiger partial charge in [0.1, 0.15) is 0 Å². The average Bonchev–Trinajstić information content (AvgIpc) is 3.19. The van der Waals surface area contributed by atoms with Gasteiger partial charge in [-0.1, -0.05) is 18.2 Å². The summed E-state index contributed by atoms with van der Waals surface area (Å²) in [5.41, 5.74) is -0.144. The van der Waals surface area contributed by atoms with Gasteiger partial charge in [-0.15, -0.1) is 16.4 Å². The molecule has 3 rings (SSSR count). The lowest BCUT2D eigenvalue weighted by molar-refractivity contribution is -0.128. The molecule has 118 valence electrons. The first-order chi connectivity index (χ1) is 11.0. The van der Waals surface area contributed by atoms with Crippen LogP contribution in [0.5, 0.6) is 5.88 Å². The monoisotopic (exact) mass is 328 g/mol. The Hall–Kier alpha value is -2.67. The van der Waals surface area contributed by atoms with E-state index in [1.165, 1.54) is 11.3 Å². The van der Waals surface area contributed by atoms with E-state index in [1.807, 2.05) is 30.3 Å². The van der Waals surface area contributed by atoms with Crippen molar-refractivity contribution in [3.05, 3.63) is 54.2 Å².